The first-order valence-corrected chi connectivity index (χ1v) is 9.81. The summed E-state index contributed by atoms with van der Waals surface area (Å²) in [6.45, 7) is 1.93. The Bertz CT molecular complexity index is 682. The molecule has 142 valence electrons. The molecule has 1 saturated heterocycles. The highest BCUT2D eigenvalue weighted by Crippen LogP contribution is 2.22. The highest BCUT2D eigenvalue weighted by molar-refractivity contribution is 7.98. The first-order valence-electron chi connectivity index (χ1n) is 8.04. The van der Waals surface area contributed by atoms with Crippen LogP contribution < -0.4 is 5.32 Å². The van der Waals surface area contributed by atoms with E-state index in [-0.39, 0.29) is 22.2 Å². The van der Waals surface area contributed by atoms with Gasteiger partial charge in [0.15, 0.2) is 0 Å². The smallest absolute Gasteiger partial charge is 0.270 e. The lowest BCUT2D eigenvalue weighted by Gasteiger charge is -2.30. The van der Waals surface area contributed by atoms with E-state index in [9.17, 15) is 19.7 Å². The highest BCUT2D eigenvalue weighted by atomic mass is 35.5. The molecule has 1 aromatic rings. The van der Waals surface area contributed by atoms with E-state index in [0.29, 0.717) is 38.5 Å². The molecular weight excluding hydrogens is 382 g/mol. The number of nitro benzene ring substituents is 1. The molecule has 0 aliphatic carbocycles. The number of benzene rings is 1. The molecule has 26 heavy (non-hydrogen) atoms. The minimum Gasteiger partial charge on any atom is -0.378 e. The maximum atomic E-state index is 12.7. The molecule has 0 saturated carbocycles. The lowest BCUT2D eigenvalue weighted by molar-refractivity contribution is -0.384. The summed E-state index contributed by atoms with van der Waals surface area (Å²) in [6.07, 6.45) is 2.40. The van der Waals surface area contributed by atoms with Crippen LogP contribution in [0.1, 0.15) is 16.8 Å². The Hall–Kier alpha value is -1.84. The second-order valence-electron chi connectivity index (χ2n) is 5.67. The van der Waals surface area contributed by atoms with Crippen LogP contribution in [0.15, 0.2) is 18.2 Å². The number of hydrogen-bond acceptors (Lipinski definition) is 6. The number of morpholine rings is 1. The van der Waals surface area contributed by atoms with Gasteiger partial charge in [-0.05, 0) is 24.5 Å². The number of non-ortho nitro benzene ring substituents is 1. The fourth-order valence-electron chi connectivity index (χ4n) is 2.53. The zero-order chi connectivity index (χ0) is 19.1. The molecule has 2 amide bonds. The standard InChI is InChI=1S/C16H20ClN3O5S/c1-26-9-4-14(16(22)19-5-7-25-8-6-19)18-15(21)12-3-2-11(20(23)24)10-13(12)17/h2-3,10,14H,4-9H2,1H3,(H,18,21)/t14-/m0/s1. The summed E-state index contributed by atoms with van der Waals surface area (Å²) in [5.41, 5.74) is -0.101. The van der Waals surface area contributed by atoms with Gasteiger partial charge in [0.25, 0.3) is 11.6 Å². The van der Waals surface area contributed by atoms with Gasteiger partial charge in [-0.1, -0.05) is 11.6 Å². The molecule has 1 fully saturated rings. The van der Waals surface area contributed by atoms with Gasteiger partial charge < -0.3 is 15.0 Å². The van der Waals surface area contributed by atoms with Gasteiger partial charge in [0, 0.05) is 25.2 Å². The van der Waals surface area contributed by atoms with Crippen molar-refractivity contribution in [3.8, 4) is 0 Å². The second-order valence-corrected chi connectivity index (χ2v) is 7.06. The summed E-state index contributed by atoms with van der Waals surface area (Å²) in [6, 6.07) is 2.94. The number of nitrogens with one attached hydrogen (secondary N) is 1. The third kappa shape index (κ3) is 5.33. The minimum absolute atomic E-state index is 0.0286. The van der Waals surface area contributed by atoms with Gasteiger partial charge in [0.1, 0.15) is 6.04 Å². The summed E-state index contributed by atoms with van der Waals surface area (Å²) in [5.74, 6) is 0.0148. The van der Waals surface area contributed by atoms with Crippen molar-refractivity contribution in [3.05, 3.63) is 38.9 Å². The molecule has 1 heterocycles. The number of halogens is 1. The van der Waals surface area contributed by atoms with Gasteiger partial charge in [-0.2, -0.15) is 11.8 Å². The van der Waals surface area contributed by atoms with Crippen LogP contribution >= 0.6 is 23.4 Å². The number of carbonyl (C=O) groups excluding carboxylic acids is 2. The maximum absolute atomic E-state index is 12.7. The average Bonchev–Trinajstić information content (AvgIpc) is 2.64. The summed E-state index contributed by atoms with van der Waals surface area (Å²) in [7, 11) is 0. The van der Waals surface area contributed by atoms with E-state index >= 15 is 0 Å². The SMILES string of the molecule is CSCC[C@H](NC(=O)c1ccc([N+](=O)[O-])cc1Cl)C(=O)N1CCOCC1. The minimum atomic E-state index is -0.681. The lowest BCUT2D eigenvalue weighted by Crippen LogP contribution is -2.52. The quantitative estimate of drug-likeness (QED) is 0.553. The fourth-order valence-corrected chi connectivity index (χ4v) is 3.27. The molecule has 10 heteroatoms. The molecule has 0 unspecified atom stereocenters. The predicted octanol–water partition coefficient (Wildman–Crippen LogP) is 1.96. The molecule has 1 aromatic carbocycles. The first-order chi connectivity index (χ1) is 12.4. The summed E-state index contributed by atoms with van der Waals surface area (Å²) >= 11 is 7.58. The van der Waals surface area contributed by atoms with Crippen molar-refractivity contribution in [3.63, 3.8) is 0 Å². The molecule has 0 bridgehead atoms. The number of carbonyl (C=O) groups is 2. The first kappa shape index (κ1) is 20.5. The van der Waals surface area contributed by atoms with Crippen LogP contribution in [0, 0.1) is 10.1 Å². The highest BCUT2D eigenvalue weighted by Gasteiger charge is 2.28. The van der Waals surface area contributed by atoms with Crippen LogP contribution in [0.3, 0.4) is 0 Å². The van der Waals surface area contributed by atoms with E-state index in [2.05, 4.69) is 5.32 Å². The largest absolute Gasteiger partial charge is 0.378 e. The third-order valence-corrected chi connectivity index (χ3v) is 4.90. The van der Waals surface area contributed by atoms with Crippen molar-refractivity contribution < 1.29 is 19.2 Å². The third-order valence-electron chi connectivity index (χ3n) is 3.94. The van der Waals surface area contributed by atoms with Gasteiger partial charge in [-0.3, -0.25) is 19.7 Å². The Labute approximate surface area is 160 Å². The normalized spacial score (nSPS) is 15.4. The molecule has 0 spiro atoms. The fraction of sp³-hybridized carbons (Fsp3) is 0.500. The van der Waals surface area contributed by atoms with Crippen LogP contribution in [-0.2, 0) is 9.53 Å². The van der Waals surface area contributed by atoms with Crippen LogP contribution in [0.2, 0.25) is 5.02 Å². The molecule has 2 rings (SSSR count). The average molecular weight is 402 g/mol. The van der Waals surface area contributed by atoms with E-state index in [1.165, 1.54) is 12.1 Å². The van der Waals surface area contributed by atoms with Gasteiger partial charge in [-0.15, -0.1) is 0 Å². The van der Waals surface area contributed by atoms with E-state index in [0.717, 1.165) is 6.07 Å². The monoisotopic (exact) mass is 401 g/mol. The van der Waals surface area contributed by atoms with Crippen molar-refractivity contribution in [2.24, 2.45) is 0 Å². The van der Waals surface area contributed by atoms with E-state index in [4.69, 9.17) is 16.3 Å². The number of nitrogens with zero attached hydrogens (tertiary/aromatic N) is 2. The summed E-state index contributed by atoms with van der Waals surface area (Å²) in [5, 5.41) is 13.5. The molecule has 1 aliphatic rings. The number of ether oxygens (including phenoxy) is 1. The van der Waals surface area contributed by atoms with Gasteiger partial charge in [0.2, 0.25) is 5.91 Å². The van der Waals surface area contributed by atoms with Crippen molar-refractivity contribution in [1.29, 1.82) is 0 Å². The zero-order valence-corrected chi connectivity index (χ0v) is 15.8. The Morgan fingerprint density at radius 2 is 2.12 bits per heavy atom. The van der Waals surface area contributed by atoms with E-state index < -0.39 is 16.9 Å². The lowest BCUT2D eigenvalue weighted by atomic mass is 10.1. The second kappa shape index (κ2) is 9.75. The molecule has 8 nitrogen and oxygen atoms in total. The van der Waals surface area contributed by atoms with Crippen LogP contribution in [0.4, 0.5) is 5.69 Å². The van der Waals surface area contributed by atoms with Crippen molar-refractivity contribution in [1.82, 2.24) is 10.2 Å². The topological polar surface area (TPSA) is 102 Å². The summed E-state index contributed by atoms with van der Waals surface area (Å²) in [4.78, 5) is 37.1. The van der Waals surface area contributed by atoms with Crippen LogP contribution in [0.5, 0.6) is 0 Å². The number of nitro groups is 1. The number of rotatable bonds is 7. The molecule has 1 atom stereocenters. The number of thioether (sulfide) groups is 1. The molecule has 1 aliphatic heterocycles. The Balaban J connectivity index is 2.12. The Morgan fingerprint density at radius 3 is 2.69 bits per heavy atom. The maximum Gasteiger partial charge on any atom is 0.270 e. The predicted molar refractivity (Wildman–Crippen MR) is 99.8 cm³/mol. The van der Waals surface area contributed by atoms with E-state index in [1.54, 1.807) is 16.7 Å². The van der Waals surface area contributed by atoms with Gasteiger partial charge in [0.05, 0.1) is 28.7 Å². The number of amides is 2. The molecular formula is C16H20ClN3O5S. The van der Waals surface area contributed by atoms with Crippen molar-refractivity contribution in [2.75, 3.05) is 38.3 Å². The van der Waals surface area contributed by atoms with Gasteiger partial charge >= 0.3 is 0 Å². The van der Waals surface area contributed by atoms with Crippen molar-refractivity contribution in [2.45, 2.75) is 12.5 Å². The van der Waals surface area contributed by atoms with Gasteiger partial charge in [-0.25, -0.2) is 0 Å². The Kier molecular flexibility index (Phi) is 7.67. The Morgan fingerprint density at radius 1 is 1.42 bits per heavy atom. The van der Waals surface area contributed by atoms with Crippen LogP contribution in [-0.4, -0.2) is 66.0 Å². The molecule has 0 radical (unpaired) electrons. The van der Waals surface area contributed by atoms with Crippen LogP contribution in [0.25, 0.3) is 0 Å². The number of hydrogen-bond donors (Lipinski definition) is 1. The molecule has 0 aromatic heterocycles. The molecule has 1 N–H and O–H groups in total. The zero-order valence-electron chi connectivity index (χ0n) is 14.3. The van der Waals surface area contributed by atoms with Crippen molar-refractivity contribution >= 4 is 40.9 Å². The van der Waals surface area contributed by atoms with E-state index in [1.807, 2.05) is 6.26 Å². The summed E-state index contributed by atoms with van der Waals surface area (Å²) < 4.78 is 5.25.